The van der Waals surface area contributed by atoms with Crippen LogP contribution in [0.4, 0.5) is 0 Å². The summed E-state index contributed by atoms with van der Waals surface area (Å²) in [6, 6.07) is 0. The van der Waals surface area contributed by atoms with Gasteiger partial charge in [-0.2, -0.15) is 0 Å². The maximum absolute atomic E-state index is 9.60. The van der Waals surface area contributed by atoms with E-state index in [1.54, 1.807) is 25.4 Å². The lowest BCUT2D eigenvalue weighted by Gasteiger charge is -2.27. The van der Waals surface area contributed by atoms with Crippen LogP contribution in [0.1, 0.15) is 55.5 Å². The topological polar surface area (TPSA) is 42.4 Å². The molecule has 16 heavy (non-hydrogen) atoms. The summed E-state index contributed by atoms with van der Waals surface area (Å²) in [5.74, 6) is 0. The molecule has 4 heteroatoms. The van der Waals surface area contributed by atoms with E-state index >= 15 is 0 Å². The van der Waals surface area contributed by atoms with Crippen LogP contribution in [0.15, 0.2) is 0 Å². The van der Waals surface area contributed by atoms with Gasteiger partial charge < -0.3 is 9.84 Å². The Bertz CT molecular complexity index is 352. The number of hydrogen-bond donors (Lipinski definition) is 1. The molecule has 0 radical (unpaired) electrons. The number of thiazole rings is 1. The molecule has 0 aliphatic carbocycles. The number of aryl methyl sites for hydroxylation is 1. The molecule has 1 aromatic rings. The van der Waals surface area contributed by atoms with Crippen molar-refractivity contribution in [2.45, 2.75) is 46.8 Å². The molecule has 0 spiro atoms. The van der Waals surface area contributed by atoms with Crippen molar-refractivity contribution in [3.05, 3.63) is 15.6 Å². The zero-order valence-electron chi connectivity index (χ0n) is 10.9. The summed E-state index contributed by atoms with van der Waals surface area (Å²) in [7, 11) is 1.70. The summed E-state index contributed by atoms with van der Waals surface area (Å²) in [5.41, 5.74) is 0.913. The Balaban J connectivity index is 3.08. The molecule has 1 N–H and O–H groups in total. The highest BCUT2D eigenvalue weighted by Crippen LogP contribution is 2.39. The third-order valence-electron chi connectivity index (χ3n) is 2.48. The number of aromatic nitrogens is 1. The third-order valence-corrected chi connectivity index (χ3v) is 3.85. The van der Waals surface area contributed by atoms with E-state index in [1.807, 2.05) is 6.92 Å². The molecule has 0 saturated carbocycles. The maximum atomic E-state index is 9.60. The van der Waals surface area contributed by atoms with E-state index in [9.17, 15) is 5.11 Å². The maximum Gasteiger partial charge on any atom is 0.123 e. The minimum Gasteiger partial charge on any atom is -0.388 e. The number of nitrogens with zero attached hydrogens (tertiary/aromatic N) is 1. The van der Waals surface area contributed by atoms with E-state index in [4.69, 9.17) is 4.74 Å². The van der Waals surface area contributed by atoms with Gasteiger partial charge in [-0.25, -0.2) is 4.98 Å². The van der Waals surface area contributed by atoms with Crippen molar-refractivity contribution < 1.29 is 9.84 Å². The van der Waals surface area contributed by atoms with Gasteiger partial charge in [-0.15, -0.1) is 11.3 Å². The largest absolute Gasteiger partial charge is 0.388 e. The second-order valence-electron chi connectivity index (χ2n) is 5.16. The highest BCUT2D eigenvalue weighted by molar-refractivity contribution is 7.11. The Labute approximate surface area is 101 Å². The molecule has 1 rings (SSSR count). The minimum atomic E-state index is -0.455. The fourth-order valence-electron chi connectivity index (χ4n) is 1.75. The predicted octanol–water partition coefficient (Wildman–Crippen LogP) is 3.24. The number of aliphatic hydroxyl groups excluding tert-OH is 1. The van der Waals surface area contributed by atoms with E-state index < -0.39 is 6.10 Å². The first-order valence-corrected chi connectivity index (χ1v) is 6.27. The molecule has 2 atom stereocenters. The van der Waals surface area contributed by atoms with Gasteiger partial charge in [-0.05, 0) is 19.3 Å². The zero-order valence-corrected chi connectivity index (χ0v) is 11.7. The van der Waals surface area contributed by atoms with Crippen molar-refractivity contribution in [1.29, 1.82) is 0 Å². The van der Waals surface area contributed by atoms with E-state index in [-0.39, 0.29) is 11.5 Å². The van der Waals surface area contributed by atoms with Crippen LogP contribution in [0.25, 0.3) is 0 Å². The fraction of sp³-hybridized carbons (Fsp3) is 0.750. The molecule has 0 aliphatic heterocycles. The van der Waals surface area contributed by atoms with Crippen LogP contribution >= 0.6 is 11.3 Å². The van der Waals surface area contributed by atoms with Gasteiger partial charge in [0.15, 0.2) is 0 Å². The van der Waals surface area contributed by atoms with Gasteiger partial charge in [0.2, 0.25) is 0 Å². The lowest BCUT2D eigenvalue weighted by atomic mass is 9.89. The average molecular weight is 243 g/mol. The molecule has 0 aliphatic rings. The van der Waals surface area contributed by atoms with Gasteiger partial charge in [-0.1, -0.05) is 20.8 Å². The summed E-state index contributed by atoms with van der Waals surface area (Å²) in [6.45, 7) is 10.1. The Morgan fingerprint density at radius 3 is 2.25 bits per heavy atom. The van der Waals surface area contributed by atoms with Crippen LogP contribution in [-0.4, -0.2) is 17.2 Å². The molecule has 92 valence electrons. The summed E-state index contributed by atoms with van der Waals surface area (Å²) >= 11 is 1.54. The van der Waals surface area contributed by atoms with Crippen LogP contribution in [-0.2, 0) is 4.74 Å². The molecule has 0 aromatic carbocycles. The number of hydrogen-bond acceptors (Lipinski definition) is 4. The SMILES string of the molecule is COC(c1nc(C)c(C(C)O)s1)C(C)(C)C. The number of methoxy groups -OCH3 is 1. The van der Waals surface area contributed by atoms with Gasteiger partial charge in [-0.3, -0.25) is 0 Å². The highest BCUT2D eigenvalue weighted by Gasteiger charge is 2.30. The Morgan fingerprint density at radius 2 is 1.94 bits per heavy atom. The molecule has 0 fully saturated rings. The lowest BCUT2D eigenvalue weighted by Crippen LogP contribution is -2.19. The van der Waals surface area contributed by atoms with Gasteiger partial charge in [0.1, 0.15) is 11.1 Å². The average Bonchev–Trinajstić information content (AvgIpc) is 2.45. The first-order chi connectivity index (χ1) is 7.27. The van der Waals surface area contributed by atoms with Gasteiger partial charge in [0.25, 0.3) is 0 Å². The molecular weight excluding hydrogens is 222 g/mol. The summed E-state index contributed by atoms with van der Waals surface area (Å²) in [4.78, 5) is 5.43. The van der Waals surface area contributed by atoms with E-state index in [0.717, 1.165) is 15.6 Å². The zero-order chi connectivity index (χ0) is 12.5. The van der Waals surface area contributed by atoms with E-state index in [0.29, 0.717) is 0 Å². The fourth-order valence-corrected chi connectivity index (χ4v) is 3.08. The molecule has 1 aromatic heterocycles. The van der Waals surface area contributed by atoms with Crippen molar-refractivity contribution in [1.82, 2.24) is 4.98 Å². The monoisotopic (exact) mass is 243 g/mol. The summed E-state index contributed by atoms with van der Waals surface area (Å²) in [6.07, 6.45) is -0.479. The number of aliphatic hydroxyl groups is 1. The standard InChI is InChI=1S/C12H21NO2S/c1-7-9(8(2)14)16-11(13-7)10(15-6)12(3,4)5/h8,10,14H,1-6H3. The Morgan fingerprint density at radius 1 is 1.38 bits per heavy atom. The highest BCUT2D eigenvalue weighted by atomic mass is 32.1. The van der Waals surface area contributed by atoms with Crippen LogP contribution in [0.2, 0.25) is 0 Å². The normalized spacial score (nSPS) is 16.2. The smallest absolute Gasteiger partial charge is 0.123 e. The predicted molar refractivity (Wildman–Crippen MR) is 66.7 cm³/mol. The minimum absolute atomic E-state index is 0.00894. The van der Waals surface area contributed by atoms with Gasteiger partial charge in [0.05, 0.1) is 16.7 Å². The van der Waals surface area contributed by atoms with Crippen molar-refractivity contribution in [2.75, 3.05) is 7.11 Å². The molecular formula is C12H21NO2S. The quantitative estimate of drug-likeness (QED) is 0.886. The molecule has 0 bridgehead atoms. The van der Waals surface area contributed by atoms with Gasteiger partial charge >= 0.3 is 0 Å². The lowest BCUT2D eigenvalue weighted by molar-refractivity contribution is 0.0150. The first kappa shape index (κ1) is 13.6. The van der Waals surface area contributed by atoms with Crippen LogP contribution < -0.4 is 0 Å². The first-order valence-electron chi connectivity index (χ1n) is 5.45. The summed E-state index contributed by atoms with van der Waals surface area (Å²) < 4.78 is 5.52. The van der Waals surface area contributed by atoms with Crippen LogP contribution in [0.5, 0.6) is 0 Å². The second kappa shape index (κ2) is 4.82. The summed E-state index contributed by atoms with van der Waals surface area (Å²) in [5, 5.41) is 10.6. The van der Waals surface area contributed by atoms with Crippen LogP contribution in [0, 0.1) is 12.3 Å². The van der Waals surface area contributed by atoms with Gasteiger partial charge in [0, 0.05) is 7.11 Å². The van der Waals surface area contributed by atoms with Crippen molar-refractivity contribution in [3.63, 3.8) is 0 Å². The van der Waals surface area contributed by atoms with Crippen molar-refractivity contribution in [2.24, 2.45) is 5.41 Å². The van der Waals surface area contributed by atoms with E-state index in [2.05, 4.69) is 25.8 Å². The molecule has 2 unspecified atom stereocenters. The van der Waals surface area contributed by atoms with E-state index in [1.165, 1.54) is 0 Å². The molecule has 1 heterocycles. The Kier molecular flexibility index (Phi) is 4.10. The van der Waals surface area contributed by atoms with Crippen molar-refractivity contribution in [3.8, 4) is 0 Å². The van der Waals surface area contributed by atoms with Crippen molar-refractivity contribution >= 4 is 11.3 Å². The Hall–Kier alpha value is -0.450. The van der Waals surface area contributed by atoms with Crippen LogP contribution in [0.3, 0.4) is 0 Å². The molecule has 0 saturated heterocycles. The molecule has 0 amide bonds. The number of rotatable bonds is 3. The molecule has 3 nitrogen and oxygen atoms in total. The number of ether oxygens (including phenoxy) is 1. The third kappa shape index (κ3) is 2.81. The second-order valence-corrected chi connectivity index (χ2v) is 6.22.